The summed E-state index contributed by atoms with van der Waals surface area (Å²) in [6.07, 6.45) is 0.536. The molecule has 33 heavy (non-hydrogen) atoms. The molecule has 0 unspecified atom stereocenters. The van der Waals surface area contributed by atoms with Gasteiger partial charge in [0.05, 0.1) is 25.1 Å². The lowest BCUT2D eigenvalue weighted by atomic mass is 9.87. The largest absolute Gasteiger partial charge is 0.465 e. The van der Waals surface area contributed by atoms with E-state index in [0.29, 0.717) is 41.6 Å². The van der Waals surface area contributed by atoms with Gasteiger partial charge in [-0.25, -0.2) is 4.79 Å². The molecule has 2 aromatic carbocycles. The first-order valence-corrected chi connectivity index (χ1v) is 11.4. The van der Waals surface area contributed by atoms with Gasteiger partial charge in [-0.1, -0.05) is 36.4 Å². The Kier molecular flexibility index (Phi) is 5.38. The monoisotopic (exact) mass is 462 g/mol. The van der Waals surface area contributed by atoms with E-state index in [2.05, 4.69) is 5.32 Å². The highest BCUT2D eigenvalue weighted by Crippen LogP contribution is 2.45. The molecule has 2 aliphatic heterocycles. The maximum absolute atomic E-state index is 13.7. The van der Waals surface area contributed by atoms with Crippen LogP contribution in [-0.2, 0) is 27.3 Å². The predicted molar refractivity (Wildman–Crippen MR) is 124 cm³/mol. The summed E-state index contributed by atoms with van der Waals surface area (Å²) in [5.41, 5.74) is 2.74. The van der Waals surface area contributed by atoms with Crippen LogP contribution in [0.2, 0.25) is 0 Å². The molecule has 1 N–H and O–H groups in total. The van der Waals surface area contributed by atoms with Gasteiger partial charge >= 0.3 is 5.97 Å². The number of hydrogen-bond acceptors (Lipinski definition) is 6. The Morgan fingerprint density at radius 3 is 2.30 bits per heavy atom. The molecule has 1 aromatic heterocycles. The molecule has 0 radical (unpaired) electrons. The van der Waals surface area contributed by atoms with Crippen molar-refractivity contribution in [3.8, 4) is 11.5 Å². The number of benzene rings is 2. The fourth-order valence-corrected chi connectivity index (χ4v) is 5.71. The Bertz CT molecular complexity index is 1240. The quantitative estimate of drug-likeness (QED) is 0.586. The van der Waals surface area contributed by atoms with E-state index in [9.17, 15) is 14.4 Å². The van der Waals surface area contributed by atoms with Gasteiger partial charge in [0, 0.05) is 29.5 Å². The highest BCUT2D eigenvalue weighted by molar-refractivity contribution is 7.17. The van der Waals surface area contributed by atoms with Crippen molar-refractivity contribution in [2.45, 2.75) is 25.8 Å². The number of ether oxygens (including phenoxy) is 2. The molecule has 3 heterocycles. The lowest BCUT2D eigenvalue weighted by Crippen LogP contribution is -2.34. The molecule has 2 aliphatic rings. The van der Waals surface area contributed by atoms with Gasteiger partial charge < -0.3 is 19.7 Å². The van der Waals surface area contributed by atoms with Crippen molar-refractivity contribution in [2.75, 3.05) is 19.0 Å². The van der Waals surface area contributed by atoms with E-state index in [4.69, 9.17) is 9.47 Å². The van der Waals surface area contributed by atoms with Gasteiger partial charge in [-0.15, -0.1) is 11.3 Å². The van der Waals surface area contributed by atoms with Crippen molar-refractivity contribution in [3.05, 3.63) is 75.7 Å². The Morgan fingerprint density at radius 1 is 1.06 bits per heavy atom. The van der Waals surface area contributed by atoms with Crippen LogP contribution in [0.4, 0.5) is 5.00 Å². The van der Waals surface area contributed by atoms with Gasteiger partial charge in [0.1, 0.15) is 16.5 Å². The predicted octanol–water partition coefficient (Wildman–Crippen LogP) is 4.32. The molecule has 0 spiro atoms. The van der Waals surface area contributed by atoms with Gasteiger partial charge in [0.25, 0.3) is 0 Å². The summed E-state index contributed by atoms with van der Waals surface area (Å²) in [6.45, 7) is 2.47. The standard InChI is InChI=1S/C25H22N2O5S/c1-14(28)27-12-11-17-20(13-27)33-24(22(17)25(30)31-2)26-23(29)21-15-7-3-5-9-18(15)32-19-10-6-4-8-16(19)21/h3-10,21H,11-13H2,1-2H3,(H,26,29). The second-order valence-electron chi connectivity index (χ2n) is 7.99. The summed E-state index contributed by atoms with van der Waals surface area (Å²) in [4.78, 5) is 40.8. The number of para-hydroxylation sites is 2. The number of esters is 1. The molecule has 0 saturated heterocycles. The number of methoxy groups -OCH3 is 1. The smallest absolute Gasteiger partial charge is 0.341 e. The Labute approximate surface area is 194 Å². The third-order valence-electron chi connectivity index (χ3n) is 6.07. The van der Waals surface area contributed by atoms with Crippen molar-refractivity contribution >= 4 is 34.1 Å². The van der Waals surface area contributed by atoms with Crippen molar-refractivity contribution in [2.24, 2.45) is 0 Å². The van der Waals surface area contributed by atoms with Crippen molar-refractivity contribution < 1.29 is 23.9 Å². The number of rotatable bonds is 3. The van der Waals surface area contributed by atoms with Gasteiger partial charge in [-0.2, -0.15) is 0 Å². The molecule has 0 atom stereocenters. The number of hydrogen-bond donors (Lipinski definition) is 1. The molecular formula is C25H22N2O5S. The topological polar surface area (TPSA) is 84.9 Å². The minimum Gasteiger partial charge on any atom is -0.465 e. The molecule has 3 aromatic rings. The zero-order valence-electron chi connectivity index (χ0n) is 18.2. The van der Waals surface area contributed by atoms with E-state index in [1.54, 1.807) is 4.90 Å². The van der Waals surface area contributed by atoms with Gasteiger partial charge in [0.15, 0.2) is 0 Å². The number of carbonyl (C=O) groups excluding carboxylic acids is 3. The molecule has 0 fully saturated rings. The third kappa shape index (κ3) is 3.66. The van der Waals surface area contributed by atoms with E-state index in [1.165, 1.54) is 25.4 Å². The lowest BCUT2D eigenvalue weighted by Gasteiger charge is -2.27. The minimum absolute atomic E-state index is 0.0188. The zero-order valence-corrected chi connectivity index (χ0v) is 19.0. The third-order valence-corrected chi connectivity index (χ3v) is 7.20. The Balaban J connectivity index is 1.54. The SMILES string of the molecule is COC(=O)c1c(NC(=O)C2c3ccccc3Oc3ccccc32)sc2c1CCN(C(C)=O)C2. The molecule has 5 rings (SSSR count). The molecule has 0 bridgehead atoms. The number of anilines is 1. The summed E-state index contributed by atoms with van der Waals surface area (Å²) in [6, 6.07) is 14.9. The number of thiophene rings is 1. The first-order valence-electron chi connectivity index (χ1n) is 10.6. The van der Waals surface area contributed by atoms with E-state index in [0.717, 1.165) is 21.6 Å². The van der Waals surface area contributed by atoms with Crippen LogP contribution in [0.5, 0.6) is 11.5 Å². The molecule has 8 heteroatoms. The molecular weight excluding hydrogens is 440 g/mol. The summed E-state index contributed by atoms with van der Waals surface area (Å²) in [5, 5.41) is 3.45. The minimum atomic E-state index is -0.593. The first-order chi connectivity index (χ1) is 16.0. The summed E-state index contributed by atoms with van der Waals surface area (Å²) in [5.74, 6) is -0.101. The van der Waals surface area contributed by atoms with E-state index >= 15 is 0 Å². The maximum atomic E-state index is 13.7. The Morgan fingerprint density at radius 2 is 1.70 bits per heavy atom. The van der Waals surface area contributed by atoms with Crippen LogP contribution in [0, 0.1) is 0 Å². The Hall–Kier alpha value is -3.65. The molecule has 0 saturated carbocycles. The normalized spacial score (nSPS) is 14.4. The number of nitrogens with one attached hydrogen (secondary N) is 1. The van der Waals surface area contributed by atoms with E-state index in [-0.39, 0.29) is 11.8 Å². The molecule has 0 aliphatic carbocycles. The van der Waals surface area contributed by atoms with Crippen LogP contribution in [0.15, 0.2) is 48.5 Å². The molecule has 168 valence electrons. The van der Waals surface area contributed by atoms with Crippen LogP contribution in [-0.4, -0.2) is 36.3 Å². The van der Waals surface area contributed by atoms with Crippen molar-refractivity contribution in [1.29, 1.82) is 0 Å². The average molecular weight is 463 g/mol. The van der Waals surface area contributed by atoms with Gasteiger partial charge in [-0.05, 0) is 24.1 Å². The highest BCUT2D eigenvalue weighted by Gasteiger charge is 2.35. The number of amides is 2. The molecule has 2 amide bonds. The summed E-state index contributed by atoms with van der Waals surface area (Å²) < 4.78 is 11.0. The second-order valence-corrected chi connectivity index (χ2v) is 9.10. The van der Waals surface area contributed by atoms with Crippen molar-refractivity contribution in [3.63, 3.8) is 0 Å². The number of carbonyl (C=O) groups is 3. The van der Waals surface area contributed by atoms with Crippen LogP contribution in [0.3, 0.4) is 0 Å². The fourth-order valence-electron chi connectivity index (χ4n) is 4.45. The highest BCUT2D eigenvalue weighted by atomic mass is 32.1. The zero-order chi connectivity index (χ0) is 23.1. The second kappa shape index (κ2) is 8.37. The first kappa shape index (κ1) is 21.2. The van der Waals surface area contributed by atoms with Gasteiger partial charge in [-0.3, -0.25) is 9.59 Å². The van der Waals surface area contributed by atoms with Crippen molar-refractivity contribution in [1.82, 2.24) is 4.90 Å². The van der Waals surface area contributed by atoms with Crippen LogP contribution in [0.25, 0.3) is 0 Å². The van der Waals surface area contributed by atoms with Crippen LogP contribution in [0.1, 0.15) is 44.8 Å². The lowest BCUT2D eigenvalue weighted by molar-refractivity contribution is -0.129. The van der Waals surface area contributed by atoms with Gasteiger partial charge in [0.2, 0.25) is 11.8 Å². The summed E-state index contributed by atoms with van der Waals surface area (Å²) >= 11 is 1.32. The fraction of sp³-hybridized carbons (Fsp3) is 0.240. The summed E-state index contributed by atoms with van der Waals surface area (Å²) in [7, 11) is 1.33. The maximum Gasteiger partial charge on any atom is 0.341 e. The average Bonchev–Trinajstić information content (AvgIpc) is 3.18. The number of fused-ring (bicyclic) bond motifs is 3. The van der Waals surface area contributed by atoms with E-state index in [1.807, 2.05) is 48.5 Å². The molecule has 7 nitrogen and oxygen atoms in total. The van der Waals surface area contributed by atoms with Crippen LogP contribution < -0.4 is 10.1 Å². The van der Waals surface area contributed by atoms with E-state index < -0.39 is 11.9 Å². The van der Waals surface area contributed by atoms with Crippen LogP contribution >= 0.6 is 11.3 Å². The number of nitrogens with zero attached hydrogens (tertiary/aromatic N) is 1.